The summed E-state index contributed by atoms with van der Waals surface area (Å²) >= 11 is 0. The molecule has 6 N–H and O–H groups in total. The summed E-state index contributed by atoms with van der Waals surface area (Å²) in [5, 5.41) is 54.3. The first-order valence-electron chi connectivity index (χ1n) is 39.6. The normalized spacial score (nSPS) is 17.7. The van der Waals surface area contributed by atoms with Crippen LogP contribution in [-0.2, 0) is 23.8 Å². The largest absolute Gasteiger partial charge is 0.466 e. The molecule has 0 saturated carbocycles. The van der Waals surface area contributed by atoms with Gasteiger partial charge in [0.2, 0.25) is 5.91 Å². The van der Waals surface area contributed by atoms with Gasteiger partial charge in [0, 0.05) is 12.8 Å². The number of unbranched alkanes of at least 4 members (excludes halogenated alkanes) is 55. The number of amides is 1. The van der Waals surface area contributed by atoms with Gasteiger partial charge in [-0.2, -0.15) is 0 Å². The Balaban J connectivity index is 1.83. The molecular formula is C79H151NO10. The first-order valence-corrected chi connectivity index (χ1v) is 39.6. The topological polar surface area (TPSA) is 175 Å². The standard InChI is InChI=1S/C79H151NO10/c1-3-5-7-9-11-13-14-15-44-47-51-55-59-63-67-75(84)88-68-64-60-56-52-48-45-42-40-38-36-34-32-30-28-26-24-22-20-18-16-17-19-21-23-25-27-29-31-33-35-37-39-41-43-46-50-54-58-62-66-74(83)80-71(72(82)65-61-57-53-49-12-10-8-6-4-2)70-89-79-78(87)77(86)76(85)73(69-81)90-79/h14-15,61,65,71-73,76-79,81-82,85-87H,3-13,16-60,62-64,66-70H2,1-2H3,(H,80,83)/b15-14-,65-61+. The molecule has 11 nitrogen and oxygen atoms in total. The van der Waals surface area contributed by atoms with Gasteiger partial charge in [-0.05, 0) is 57.8 Å². The van der Waals surface area contributed by atoms with Crippen LogP contribution in [0.4, 0.5) is 0 Å². The Morgan fingerprint density at radius 1 is 0.400 bits per heavy atom. The molecule has 0 aromatic heterocycles. The average molecular weight is 1280 g/mol. The molecule has 1 aliphatic heterocycles. The molecule has 0 radical (unpaired) electrons. The first-order chi connectivity index (χ1) is 44.2. The lowest BCUT2D eigenvalue weighted by Crippen LogP contribution is -2.60. The molecule has 0 aromatic rings. The summed E-state index contributed by atoms with van der Waals surface area (Å²) in [4.78, 5) is 25.1. The van der Waals surface area contributed by atoms with Gasteiger partial charge in [0.15, 0.2) is 6.29 Å². The fourth-order valence-electron chi connectivity index (χ4n) is 12.8. The fraction of sp³-hybridized carbons (Fsp3) is 0.924. The number of carbonyl (C=O) groups is 2. The van der Waals surface area contributed by atoms with Gasteiger partial charge in [-0.3, -0.25) is 9.59 Å². The van der Waals surface area contributed by atoms with Crippen LogP contribution < -0.4 is 5.32 Å². The second-order valence-corrected chi connectivity index (χ2v) is 27.8. The number of aliphatic hydroxyl groups excluding tert-OH is 5. The molecule has 1 rings (SSSR count). The zero-order valence-electron chi connectivity index (χ0n) is 59.4. The SMILES string of the molecule is CCCCCCC/C=C\CCCCCCCC(=O)OCCCCCCCCCCCCCCCCCCCCCCCCCCCCCCCCCCCCCCCCCC(=O)NC(COC1OC(CO)C(O)C(O)C1O)C(O)/C=C/CCCCCCCCC. The number of rotatable bonds is 71. The number of hydrogen-bond acceptors (Lipinski definition) is 10. The highest BCUT2D eigenvalue weighted by molar-refractivity contribution is 5.76. The fourth-order valence-corrected chi connectivity index (χ4v) is 12.8. The van der Waals surface area contributed by atoms with Crippen LogP contribution in [0.3, 0.4) is 0 Å². The molecule has 1 heterocycles. The summed E-state index contributed by atoms with van der Waals surface area (Å²) in [7, 11) is 0. The number of aliphatic hydroxyl groups is 5. The highest BCUT2D eigenvalue weighted by atomic mass is 16.7. The van der Waals surface area contributed by atoms with Crippen LogP contribution >= 0.6 is 0 Å². The van der Waals surface area contributed by atoms with E-state index in [1.807, 2.05) is 6.08 Å². The maximum atomic E-state index is 13.0. The summed E-state index contributed by atoms with van der Waals surface area (Å²) < 4.78 is 16.7. The first kappa shape index (κ1) is 86.2. The summed E-state index contributed by atoms with van der Waals surface area (Å²) in [6.07, 6.45) is 78.1. The van der Waals surface area contributed by atoms with Gasteiger partial charge < -0.3 is 45.1 Å². The number of allylic oxidation sites excluding steroid dienone is 3. The van der Waals surface area contributed by atoms with Gasteiger partial charge in [0.05, 0.1) is 32.0 Å². The lowest BCUT2D eigenvalue weighted by Gasteiger charge is -2.40. The van der Waals surface area contributed by atoms with Crippen molar-refractivity contribution in [3.63, 3.8) is 0 Å². The Labute approximate surface area is 556 Å². The number of ether oxygens (including phenoxy) is 3. The zero-order valence-corrected chi connectivity index (χ0v) is 59.4. The quantitative estimate of drug-likeness (QED) is 0.0195. The molecule has 7 atom stereocenters. The molecule has 1 aliphatic rings. The summed E-state index contributed by atoms with van der Waals surface area (Å²) in [5.74, 6) is -0.165. The molecule has 90 heavy (non-hydrogen) atoms. The van der Waals surface area contributed by atoms with Gasteiger partial charge in [-0.25, -0.2) is 0 Å². The average Bonchev–Trinajstić information content (AvgIpc) is 1.59. The third-order valence-electron chi connectivity index (χ3n) is 19.1. The van der Waals surface area contributed by atoms with Crippen LogP contribution in [0.5, 0.6) is 0 Å². The molecule has 0 spiro atoms. The highest BCUT2D eigenvalue weighted by Gasteiger charge is 2.44. The van der Waals surface area contributed by atoms with E-state index in [2.05, 4.69) is 31.3 Å². The lowest BCUT2D eigenvalue weighted by atomic mass is 9.99. The molecule has 1 saturated heterocycles. The van der Waals surface area contributed by atoms with Crippen molar-refractivity contribution in [2.75, 3.05) is 19.8 Å². The maximum Gasteiger partial charge on any atom is 0.305 e. The van der Waals surface area contributed by atoms with Crippen molar-refractivity contribution >= 4 is 11.9 Å². The molecule has 0 bridgehead atoms. The molecule has 532 valence electrons. The predicted octanol–water partition coefficient (Wildman–Crippen LogP) is 21.1. The van der Waals surface area contributed by atoms with Gasteiger partial charge >= 0.3 is 5.97 Å². The van der Waals surface area contributed by atoms with Crippen LogP contribution in [0.1, 0.15) is 406 Å². The number of carbonyl (C=O) groups excluding carboxylic acids is 2. The number of esters is 1. The van der Waals surface area contributed by atoms with Crippen molar-refractivity contribution < 1.29 is 49.3 Å². The second-order valence-electron chi connectivity index (χ2n) is 27.8. The minimum atomic E-state index is -1.57. The summed E-state index contributed by atoms with van der Waals surface area (Å²) in [6, 6.07) is -0.803. The van der Waals surface area contributed by atoms with Crippen molar-refractivity contribution in [2.24, 2.45) is 0 Å². The Morgan fingerprint density at radius 3 is 1.07 bits per heavy atom. The maximum absolute atomic E-state index is 13.0. The highest BCUT2D eigenvalue weighted by Crippen LogP contribution is 2.24. The van der Waals surface area contributed by atoms with Crippen LogP contribution in [0.25, 0.3) is 0 Å². The minimum absolute atomic E-state index is 0.0104. The van der Waals surface area contributed by atoms with E-state index in [1.165, 1.54) is 321 Å². The van der Waals surface area contributed by atoms with Crippen molar-refractivity contribution in [3.8, 4) is 0 Å². The van der Waals surface area contributed by atoms with Gasteiger partial charge in [-0.15, -0.1) is 0 Å². The molecular weight excluding hydrogens is 1120 g/mol. The lowest BCUT2D eigenvalue weighted by molar-refractivity contribution is -0.302. The van der Waals surface area contributed by atoms with Crippen molar-refractivity contribution in [2.45, 2.75) is 448 Å². The van der Waals surface area contributed by atoms with Crippen LogP contribution in [0.15, 0.2) is 24.3 Å². The van der Waals surface area contributed by atoms with Crippen LogP contribution in [-0.4, -0.2) is 100 Å². The van der Waals surface area contributed by atoms with Gasteiger partial charge in [-0.1, -0.05) is 359 Å². The zero-order chi connectivity index (χ0) is 65.1. The monoisotopic (exact) mass is 1270 g/mol. The summed E-state index contributed by atoms with van der Waals surface area (Å²) in [6.45, 7) is 4.35. The van der Waals surface area contributed by atoms with Gasteiger partial charge in [0.25, 0.3) is 0 Å². The smallest absolute Gasteiger partial charge is 0.305 e. The van der Waals surface area contributed by atoms with E-state index in [4.69, 9.17) is 14.2 Å². The molecule has 1 amide bonds. The number of nitrogens with one attached hydrogen (secondary N) is 1. The van der Waals surface area contributed by atoms with Crippen molar-refractivity contribution in [1.82, 2.24) is 5.32 Å². The Hall–Kier alpha value is -1.86. The molecule has 1 fully saturated rings. The van der Waals surface area contributed by atoms with Crippen molar-refractivity contribution in [1.29, 1.82) is 0 Å². The molecule has 0 aliphatic carbocycles. The molecule has 11 heteroatoms. The van der Waals surface area contributed by atoms with E-state index in [0.29, 0.717) is 19.4 Å². The molecule has 0 aromatic carbocycles. The van der Waals surface area contributed by atoms with E-state index in [-0.39, 0.29) is 18.5 Å². The van der Waals surface area contributed by atoms with E-state index in [9.17, 15) is 35.1 Å². The third kappa shape index (κ3) is 56.5. The second kappa shape index (κ2) is 68.5. The predicted molar refractivity (Wildman–Crippen MR) is 380 cm³/mol. The van der Waals surface area contributed by atoms with E-state index < -0.39 is 49.5 Å². The van der Waals surface area contributed by atoms with Crippen LogP contribution in [0, 0.1) is 0 Å². The van der Waals surface area contributed by atoms with Crippen LogP contribution in [0.2, 0.25) is 0 Å². The Kier molecular flexibility index (Phi) is 65.6. The Bertz CT molecular complexity index is 1540. The summed E-state index contributed by atoms with van der Waals surface area (Å²) in [5.41, 5.74) is 0. The van der Waals surface area contributed by atoms with E-state index in [0.717, 1.165) is 57.8 Å². The third-order valence-corrected chi connectivity index (χ3v) is 19.1. The van der Waals surface area contributed by atoms with E-state index >= 15 is 0 Å². The van der Waals surface area contributed by atoms with Gasteiger partial charge in [0.1, 0.15) is 24.4 Å². The number of hydrogen-bond donors (Lipinski definition) is 6. The van der Waals surface area contributed by atoms with E-state index in [1.54, 1.807) is 6.08 Å². The minimum Gasteiger partial charge on any atom is -0.466 e. The Morgan fingerprint density at radius 2 is 0.711 bits per heavy atom. The molecule has 7 unspecified atom stereocenters. The van der Waals surface area contributed by atoms with Crippen molar-refractivity contribution in [3.05, 3.63) is 24.3 Å².